The van der Waals surface area contributed by atoms with Crippen LogP contribution in [0.5, 0.6) is 0 Å². The Balaban J connectivity index is 1.74. The smallest absolute Gasteiger partial charge is 0.262 e. The highest BCUT2D eigenvalue weighted by Crippen LogP contribution is 2.21. The van der Waals surface area contributed by atoms with Gasteiger partial charge in [0.1, 0.15) is 0 Å². The van der Waals surface area contributed by atoms with E-state index >= 15 is 0 Å². The third kappa shape index (κ3) is 5.40. The monoisotopic (exact) mass is 444 g/mol. The van der Waals surface area contributed by atoms with Gasteiger partial charge in [-0.25, -0.2) is 4.98 Å². The van der Waals surface area contributed by atoms with Crippen molar-refractivity contribution in [3.05, 3.63) is 57.8 Å². The first-order valence-electron chi connectivity index (χ1n) is 9.37. The van der Waals surface area contributed by atoms with E-state index in [0.717, 1.165) is 6.42 Å². The van der Waals surface area contributed by atoms with Crippen molar-refractivity contribution in [1.82, 2.24) is 9.55 Å². The van der Waals surface area contributed by atoms with Crippen molar-refractivity contribution < 1.29 is 9.59 Å². The number of benzene rings is 2. The maximum absolute atomic E-state index is 12.8. The Morgan fingerprint density at radius 2 is 1.77 bits per heavy atom. The van der Waals surface area contributed by atoms with Gasteiger partial charge in [0.15, 0.2) is 5.16 Å². The van der Waals surface area contributed by atoms with Crippen LogP contribution in [0.25, 0.3) is 10.9 Å². The third-order valence-corrected chi connectivity index (χ3v) is 5.36. The lowest BCUT2D eigenvalue weighted by Gasteiger charge is -2.12. The Morgan fingerprint density at radius 1 is 1.10 bits per heavy atom. The normalized spacial score (nSPS) is 10.8. The number of thioether (sulfide) groups is 1. The van der Waals surface area contributed by atoms with Gasteiger partial charge in [-0.15, -0.1) is 0 Å². The van der Waals surface area contributed by atoms with Crippen LogP contribution in [0, 0.1) is 0 Å². The predicted octanol–water partition coefficient (Wildman–Crippen LogP) is 4.15. The molecule has 2 aromatic carbocycles. The summed E-state index contributed by atoms with van der Waals surface area (Å²) in [7, 11) is 0. The average Bonchev–Trinajstić information content (AvgIpc) is 2.70. The number of hydrogen-bond donors (Lipinski definition) is 2. The molecular formula is C21H21ClN4O3S. The summed E-state index contributed by atoms with van der Waals surface area (Å²) in [6, 6.07) is 11.8. The number of carbonyl (C=O) groups excluding carboxylic acids is 2. The zero-order chi connectivity index (χ0) is 21.7. The molecule has 30 heavy (non-hydrogen) atoms. The van der Waals surface area contributed by atoms with Crippen LogP contribution in [0.3, 0.4) is 0 Å². The minimum Gasteiger partial charge on any atom is -0.326 e. The van der Waals surface area contributed by atoms with Crippen LogP contribution < -0.4 is 16.2 Å². The molecule has 0 saturated carbocycles. The fourth-order valence-corrected chi connectivity index (χ4v) is 3.86. The van der Waals surface area contributed by atoms with Crippen molar-refractivity contribution in [2.45, 2.75) is 32.0 Å². The van der Waals surface area contributed by atoms with Crippen LogP contribution in [0.1, 0.15) is 20.3 Å². The molecule has 0 aliphatic carbocycles. The number of aromatic nitrogens is 2. The van der Waals surface area contributed by atoms with E-state index in [1.807, 2.05) is 6.92 Å². The van der Waals surface area contributed by atoms with E-state index in [-0.39, 0.29) is 23.1 Å². The predicted molar refractivity (Wildman–Crippen MR) is 121 cm³/mol. The van der Waals surface area contributed by atoms with Crippen LogP contribution in [0.2, 0.25) is 5.02 Å². The highest BCUT2D eigenvalue weighted by molar-refractivity contribution is 7.99. The minimum atomic E-state index is -0.226. The quantitative estimate of drug-likeness (QED) is 0.422. The molecule has 3 rings (SSSR count). The number of anilines is 2. The van der Waals surface area contributed by atoms with Crippen molar-refractivity contribution in [2.24, 2.45) is 0 Å². The number of nitrogens with zero attached hydrogens (tertiary/aromatic N) is 2. The van der Waals surface area contributed by atoms with Crippen LogP contribution in [-0.2, 0) is 16.1 Å². The van der Waals surface area contributed by atoms with Crippen molar-refractivity contribution in [3.8, 4) is 0 Å². The van der Waals surface area contributed by atoms with E-state index in [4.69, 9.17) is 11.6 Å². The molecule has 7 nitrogen and oxygen atoms in total. The van der Waals surface area contributed by atoms with Crippen molar-refractivity contribution in [1.29, 1.82) is 0 Å². The molecule has 156 valence electrons. The van der Waals surface area contributed by atoms with Gasteiger partial charge in [0, 0.05) is 29.9 Å². The van der Waals surface area contributed by atoms with Gasteiger partial charge in [-0.05, 0) is 48.9 Å². The van der Waals surface area contributed by atoms with Gasteiger partial charge in [-0.3, -0.25) is 19.0 Å². The summed E-state index contributed by atoms with van der Waals surface area (Å²) in [5.41, 5.74) is 1.63. The van der Waals surface area contributed by atoms with Crippen LogP contribution >= 0.6 is 23.4 Å². The zero-order valence-corrected chi connectivity index (χ0v) is 18.1. The molecule has 0 fully saturated rings. The van der Waals surface area contributed by atoms with E-state index in [2.05, 4.69) is 15.6 Å². The number of rotatable bonds is 7. The molecule has 0 aliphatic rings. The number of amides is 2. The van der Waals surface area contributed by atoms with E-state index in [9.17, 15) is 14.4 Å². The van der Waals surface area contributed by atoms with Crippen molar-refractivity contribution >= 4 is 57.5 Å². The van der Waals surface area contributed by atoms with Crippen LogP contribution in [0.4, 0.5) is 11.4 Å². The SMILES string of the molecule is CCCn1c(SCC(=O)Nc2ccc(NC(C)=O)cc2)nc2cc(Cl)ccc2c1=O. The molecule has 2 amide bonds. The van der Waals surface area contributed by atoms with Gasteiger partial charge >= 0.3 is 0 Å². The summed E-state index contributed by atoms with van der Waals surface area (Å²) in [6.45, 7) is 3.92. The fourth-order valence-electron chi connectivity index (χ4n) is 2.87. The molecular weight excluding hydrogens is 424 g/mol. The second kappa shape index (κ2) is 9.77. The van der Waals surface area contributed by atoms with E-state index < -0.39 is 0 Å². The molecule has 0 unspecified atom stereocenters. The first-order chi connectivity index (χ1) is 14.4. The fraction of sp³-hybridized carbons (Fsp3) is 0.238. The summed E-state index contributed by atoms with van der Waals surface area (Å²) < 4.78 is 1.59. The highest BCUT2D eigenvalue weighted by atomic mass is 35.5. The molecule has 0 spiro atoms. The van der Waals surface area contributed by atoms with Gasteiger partial charge in [0.2, 0.25) is 11.8 Å². The molecule has 9 heteroatoms. The molecule has 0 bridgehead atoms. The lowest BCUT2D eigenvalue weighted by atomic mass is 10.2. The summed E-state index contributed by atoms with van der Waals surface area (Å²) in [5, 5.41) is 6.94. The lowest BCUT2D eigenvalue weighted by molar-refractivity contribution is -0.114. The highest BCUT2D eigenvalue weighted by Gasteiger charge is 2.13. The van der Waals surface area contributed by atoms with E-state index in [1.165, 1.54) is 18.7 Å². The number of nitrogens with one attached hydrogen (secondary N) is 2. The first-order valence-corrected chi connectivity index (χ1v) is 10.7. The Kier molecular flexibility index (Phi) is 7.12. The molecule has 0 radical (unpaired) electrons. The second-order valence-corrected chi connectivity index (χ2v) is 7.99. The standard InChI is InChI=1S/C21H21ClN4O3S/c1-3-10-26-20(29)17-9-4-14(22)11-18(17)25-21(26)30-12-19(28)24-16-7-5-15(6-8-16)23-13(2)27/h4-9,11H,3,10,12H2,1-2H3,(H,23,27)(H,24,28). The van der Waals surface area contributed by atoms with Gasteiger partial charge in [-0.2, -0.15) is 0 Å². The van der Waals surface area contributed by atoms with Gasteiger partial charge in [0.25, 0.3) is 5.56 Å². The molecule has 1 aromatic heterocycles. The van der Waals surface area contributed by atoms with Crippen molar-refractivity contribution in [3.63, 3.8) is 0 Å². The van der Waals surface area contributed by atoms with Gasteiger partial charge < -0.3 is 10.6 Å². The lowest BCUT2D eigenvalue weighted by Crippen LogP contribution is -2.24. The number of hydrogen-bond acceptors (Lipinski definition) is 5. The minimum absolute atomic E-state index is 0.0929. The summed E-state index contributed by atoms with van der Waals surface area (Å²) in [4.78, 5) is 40.8. The molecule has 0 atom stereocenters. The number of carbonyl (C=O) groups is 2. The Hall–Kier alpha value is -2.84. The van der Waals surface area contributed by atoms with Gasteiger partial charge in [0.05, 0.1) is 16.7 Å². The average molecular weight is 445 g/mol. The molecule has 3 aromatic rings. The van der Waals surface area contributed by atoms with Crippen molar-refractivity contribution in [2.75, 3.05) is 16.4 Å². The first kappa shape index (κ1) is 21.9. The zero-order valence-electron chi connectivity index (χ0n) is 16.6. The maximum atomic E-state index is 12.8. The second-order valence-electron chi connectivity index (χ2n) is 6.61. The topological polar surface area (TPSA) is 93.1 Å². The number of fused-ring (bicyclic) bond motifs is 1. The molecule has 2 N–H and O–H groups in total. The molecule has 1 heterocycles. The van der Waals surface area contributed by atoms with E-state index in [1.54, 1.807) is 47.0 Å². The molecule has 0 aliphatic heterocycles. The Morgan fingerprint density at radius 3 is 2.40 bits per heavy atom. The van der Waals surface area contributed by atoms with E-state index in [0.29, 0.717) is 39.0 Å². The summed E-state index contributed by atoms with van der Waals surface area (Å²) in [5.74, 6) is -0.295. The summed E-state index contributed by atoms with van der Waals surface area (Å²) in [6.07, 6.45) is 0.765. The number of halogens is 1. The largest absolute Gasteiger partial charge is 0.326 e. The van der Waals surface area contributed by atoms with Gasteiger partial charge in [-0.1, -0.05) is 30.3 Å². The van der Waals surface area contributed by atoms with Crippen LogP contribution in [0.15, 0.2) is 52.4 Å². The molecule has 0 saturated heterocycles. The van der Waals surface area contributed by atoms with Crippen LogP contribution in [-0.4, -0.2) is 27.1 Å². The summed E-state index contributed by atoms with van der Waals surface area (Å²) >= 11 is 7.24. The maximum Gasteiger partial charge on any atom is 0.262 e. The Bertz CT molecular complexity index is 1150. The Labute approximate surface area is 182 Å². The third-order valence-electron chi connectivity index (χ3n) is 4.15.